The average Bonchev–Trinajstić information content (AvgIpc) is 2.48. The van der Waals surface area contributed by atoms with Crippen LogP contribution in [-0.4, -0.2) is 17.9 Å². The van der Waals surface area contributed by atoms with E-state index in [-0.39, 0.29) is 18.0 Å². The molecule has 2 aromatic carbocycles. The monoisotopic (exact) mass is 300 g/mol. The van der Waals surface area contributed by atoms with E-state index >= 15 is 0 Å². The van der Waals surface area contributed by atoms with Crippen LogP contribution in [0.3, 0.4) is 0 Å². The van der Waals surface area contributed by atoms with Gasteiger partial charge in [-0.2, -0.15) is 0 Å². The molecule has 0 aliphatic rings. The van der Waals surface area contributed by atoms with Crippen LogP contribution in [0.15, 0.2) is 42.5 Å². The zero-order chi connectivity index (χ0) is 16.1. The molecule has 6 nitrogen and oxygen atoms in total. The normalized spacial score (nSPS) is 10.1. The van der Waals surface area contributed by atoms with E-state index in [1.807, 2.05) is 19.1 Å². The molecule has 6 heteroatoms. The van der Waals surface area contributed by atoms with Gasteiger partial charge in [0.15, 0.2) is 0 Å². The van der Waals surface area contributed by atoms with Gasteiger partial charge in [-0.3, -0.25) is 14.9 Å². The van der Waals surface area contributed by atoms with Crippen LogP contribution in [-0.2, 0) is 11.2 Å². The van der Waals surface area contributed by atoms with Crippen molar-refractivity contribution in [2.24, 2.45) is 0 Å². The number of nitrogens with one attached hydrogen (secondary N) is 1. The minimum atomic E-state index is -0.471. The third kappa shape index (κ3) is 3.82. The number of carbonyl (C=O) groups excluding carboxylic acids is 1. The lowest BCUT2D eigenvalue weighted by molar-refractivity contribution is -0.384. The van der Waals surface area contributed by atoms with Gasteiger partial charge in [0, 0.05) is 12.1 Å². The second kappa shape index (κ2) is 6.71. The van der Waals surface area contributed by atoms with Gasteiger partial charge >= 0.3 is 0 Å². The first-order chi connectivity index (χ1) is 10.5. The highest BCUT2D eigenvalue weighted by molar-refractivity contribution is 5.93. The minimum absolute atomic E-state index is 0.00418. The van der Waals surface area contributed by atoms with Crippen molar-refractivity contribution in [2.45, 2.75) is 13.3 Å². The fourth-order valence-corrected chi connectivity index (χ4v) is 2.03. The Hall–Kier alpha value is -2.89. The topological polar surface area (TPSA) is 81.5 Å². The van der Waals surface area contributed by atoms with Crippen LogP contribution < -0.4 is 10.1 Å². The molecule has 0 atom stereocenters. The lowest BCUT2D eigenvalue weighted by Gasteiger charge is -2.11. The molecule has 114 valence electrons. The highest BCUT2D eigenvalue weighted by Crippen LogP contribution is 2.25. The lowest BCUT2D eigenvalue weighted by atomic mass is 10.1. The smallest absolute Gasteiger partial charge is 0.269 e. The van der Waals surface area contributed by atoms with E-state index in [0.29, 0.717) is 17.0 Å². The van der Waals surface area contributed by atoms with Gasteiger partial charge in [0.05, 0.1) is 24.1 Å². The summed E-state index contributed by atoms with van der Waals surface area (Å²) < 4.78 is 5.20. The first-order valence-corrected chi connectivity index (χ1v) is 6.67. The maximum Gasteiger partial charge on any atom is 0.269 e. The predicted molar refractivity (Wildman–Crippen MR) is 83.2 cm³/mol. The molecule has 0 aromatic heterocycles. The molecule has 1 N–H and O–H groups in total. The molecular weight excluding hydrogens is 284 g/mol. The molecular formula is C16H16N2O4. The third-order valence-electron chi connectivity index (χ3n) is 3.14. The Labute approximate surface area is 127 Å². The number of non-ortho nitro benzene ring substituents is 1. The summed E-state index contributed by atoms with van der Waals surface area (Å²) in [5, 5.41) is 13.4. The maximum absolute atomic E-state index is 12.1. The van der Waals surface area contributed by atoms with Crippen molar-refractivity contribution in [1.29, 1.82) is 0 Å². The van der Waals surface area contributed by atoms with Crippen LogP contribution in [0.4, 0.5) is 11.4 Å². The summed E-state index contributed by atoms with van der Waals surface area (Å²) in [4.78, 5) is 22.2. The van der Waals surface area contributed by atoms with Crippen molar-refractivity contribution in [3.63, 3.8) is 0 Å². The van der Waals surface area contributed by atoms with E-state index in [0.717, 1.165) is 5.56 Å². The Morgan fingerprint density at radius 3 is 2.50 bits per heavy atom. The molecule has 0 radical (unpaired) electrons. The molecule has 0 heterocycles. The van der Waals surface area contributed by atoms with Crippen LogP contribution in [0.25, 0.3) is 0 Å². The molecule has 1 amide bonds. The zero-order valence-corrected chi connectivity index (χ0v) is 12.3. The van der Waals surface area contributed by atoms with Gasteiger partial charge in [-0.15, -0.1) is 0 Å². The molecule has 0 aliphatic carbocycles. The summed E-state index contributed by atoms with van der Waals surface area (Å²) >= 11 is 0. The number of methoxy groups -OCH3 is 1. The number of amides is 1. The lowest BCUT2D eigenvalue weighted by Crippen LogP contribution is -2.15. The van der Waals surface area contributed by atoms with Crippen molar-refractivity contribution < 1.29 is 14.5 Å². The number of nitro benzene ring substituents is 1. The summed E-state index contributed by atoms with van der Waals surface area (Å²) in [6.07, 6.45) is 0.134. The Morgan fingerprint density at radius 2 is 1.91 bits per heavy atom. The summed E-state index contributed by atoms with van der Waals surface area (Å²) in [5.41, 5.74) is 2.32. The molecule has 0 saturated carbocycles. The number of hydrogen-bond acceptors (Lipinski definition) is 4. The fourth-order valence-electron chi connectivity index (χ4n) is 2.03. The van der Waals surface area contributed by atoms with Gasteiger partial charge in [-0.25, -0.2) is 0 Å². The maximum atomic E-state index is 12.1. The summed E-state index contributed by atoms with van der Waals surface area (Å²) in [6.45, 7) is 1.92. The Morgan fingerprint density at radius 1 is 1.23 bits per heavy atom. The standard InChI is InChI=1S/C16H16N2O4/c1-11-3-8-15(22-2)14(9-11)17-16(19)10-12-4-6-13(7-5-12)18(20)21/h3-9H,10H2,1-2H3,(H,17,19). The Kier molecular flexibility index (Phi) is 4.73. The quantitative estimate of drug-likeness (QED) is 0.679. The number of hydrogen-bond donors (Lipinski definition) is 1. The van der Waals surface area contributed by atoms with E-state index in [4.69, 9.17) is 4.74 Å². The van der Waals surface area contributed by atoms with E-state index in [1.54, 1.807) is 18.2 Å². The molecule has 0 unspecified atom stereocenters. The number of anilines is 1. The molecule has 2 rings (SSSR count). The average molecular weight is 300 g/mol. The number of nitrogens with zero attached hydrogens (tertiary/aromatic N) is 1. The van der Waals surface area contributed by atoms with Gasteiger partial charge in [0.25, 0.3) is 5.69 Å². The Bertz CT molecular complexity index is 696. The highest BCUT2D eigenvalue weighted by atomic mass is 16.6. The van der Waals surface area contributed by atoms with E-state index in [9.17, 15) is 14.9 Å². The summed E-state index contributed by atoms with van der Waals surface area (Å²) in [5.74, 6) is 0.375. The van der Waals surface area contributed by atoms with Crippen LogP contribution in [0, 0.1) is 17.0 Å². The first-order valence-electron chi connectivity index (χ1n) is 6.67. The molecule has 22 heavy (non-hydrogen) atoms. The van der Waals surface area contributed by atoms with Gasteiger partial charge < -0.3 is 10.1 Å². The number of ether oxygens (including phenoxy) is 1. The molecule has 0 bridgehead atoms. The third-order valence-corrected chi connectivity index (χ3v) is 3.14. The number of rotatable bonds is 5. The molecule has 2 aromatic rings. The van der Waals surface area contributed by atoms with Crippen molar-refractivity contribution in [1.82, 2.24) is 0 Å². The molecule has 0 fully saturated rings. The predicted octanol–water partition coefficient (Wildman–Crippen LogP) is 3.09. The van der Waals surface area contributed by atoms with Gasteiger partial charge in [-0.1, -0.05) is 18.2 Å². The van der Waals surface area contributed by atoms with E-state index < -0.39 is 4.92 Å². The zero-order valence-electron chi connectivity index (χ0n) is 12.3. The van der Waals surface area contributed by atoms with Gasteiger partial charge in [0.2, 0.25) is 5.91 Å². The minimum Gasteiger partial charge on any atom is -0.495 e. The van der Waals surface area contributed by atoms with E-state index in [1.165, 1.54) is 19.2 Å². The summed E-state index contributed by atoms with van der Waals surface area (Å²) in [7, 11) is 1.54. The second-order valence-corrected chi connectivity index (χ2v) is 4.85. The van der Waals surface area contributed by atoms with Crippen molar-refractivity contribution in [3.8, 4) is 5.75 Å². The number of benzene rings is 2. The number of nitro groups is 1. The molecule has 0 spiro atoms. The van der Waals surface area contributed by atoms with Gasteiger partial charge in [0.1, 0.15) is 5.75 Å². The Balaban J connectivity index is 2.07. The van der Waals surface area contributed by atoms with E-state index in [2.05, 4.69) is 5.32 Å². The highest BCUT2D eigenvalue weighted by Gasteiger charge is 2.10. The second-order valence-electron chi connectivity index (χ2n) is 4.85. The number of carbonyl (C=O) groups is 1. The number of aryl methyl sites for hydroxylation is 1. The SMILES string of the molecule is COc1ccc(C)cc1NC(=O)Cc1ccc([N+](=O)[O-])cc1. The largest absolute Gasteiger partial charge is 0.495 e. The van der Waals surface area contributed by atoms with Crippen molar-refractivity contribution >= 4 is 17.3 Å². The first kappa shape index (κ1) is 15.5. The van der Waals surface area contributed by atoms with Crippen LogP contribution in [0.1, 0.15) is 11.1 Å². The molecule has 0 saturated heterocycles. The molecule has 0 aliphatic heterocycles. The van der Waals surface area contributed by atoms with Crippen LogP contribution in [0.2, 0.25) is 0 Å². The van der Waals surface area contributed by atoms with Crippen LogP contribution in [0.5, 0.6) is 5.75 Å². The summed E-state index contributed by atoms with van der Waals surface area (Å²) in [6, 6.07) is 11.4. The van der Waals surface area contributed by atoms with Gasteiger partial charge in [-0.05, 0) is 30.2 Å². The van der Waals surface area contributed by atoms with Crippen molar-refractivity contribution in [2.75, 3.05) is 12.4 Å². The van der Waals surface area contributed by atoms with Crippen LogP contribution >= 0.6 is 0 Å². The fraction of sp³-hybridized carbons (Fsp3) is 0.188. The van der Waals surface area contributed by atoms with Crippen molar-refractivity contribution in [3.05, 3.63) is 63.7 Å².